The zero-order valence-electron chi connectivity index (χ0n) is 7.06. The van der Waals surface area contributed by atoms with Crippen molar-refractivity contribution in [1.29, 1.82) is 0 Å². The van der Waals surface area contributed by atoms with E-state index in [0.29, 0.717) is 23.3 Å². The zero-order valence-corrected chi connectivity index (χ0v) is 8.57. The minimum Gasteiger partial charge on any atom is -0.308 e. The van der Waals surface area contributed by atoms with Gasteiger partial charge in [0, 0.05) is 29.9 Å². The van der Waals surface area contributed by atoms with Crippen LogP contribution in [0.3, 0.4) is 0 Å². The summed E-state index contributed by atoms with van der Waals surface area (Å²) < 4.78 is 0. The number of hydrogen-bond donors (Lipinski definition) is 1. The average Bonchev–Trinajstić information content (AvgIpc) is 2.08. The maximum atomic E-state index is 5.83. The van der Waals surface area contributed by atoms with Crippen LogP contribution in [-0.2, 0) is 6.54 Å². The molecule has 0 aromatic carbocycles. The van der Waals surface area contributed by atoms with Crippen molar-refractivity contribution in [1.82, 2.24) is 10.3 Å². The van der Waals surface area contributed by atoms with E-state index >= 15 is 0 Å². The molecule has 70 valence electrons. The summed E-state index contributed by atoms with van der Waals surface area (Å²) in [6, 6.07) is 3.76. The molecule has 0 fully saturated rings. The second kappa shape index (κ2) is 5.22. The quantitative estimate of drug-likeness (QED) is 0.784. The van der Waals surface area contributed by atoms with Crippen LogP contribution in [0.5, 0.6) is 0 Å². The van der Waals surface area contributed by atoms with Gasteiger partial charge in [-0.15, -0.1) is 0 Å². The SMILES string of the molecule is C=C(Cl)CNCc1cccnc1Cl. The summed E-state index contributed by atoms with van der Waals surface area (Å²) in [4.78, 5) is 3.95. The smallest absolute Gasteiger partial charge is 0.133 e. The summed E-state index contributed by atoms with van der Waals surface area (Å²) in [6.45, 7) is 4.79. The fourth-order valence-corrected chi connectivity index (χ4v) is 1.16. The Morgan fingerprint density at radius 2 is 2.38 bits per heavy atom. The third-order valence-corrected chi connectivity index (χ3v) is 1.94. The maximum Gasteiger partial charge on any atom is 0.133 e. The van der Waals surface area contributed by atoms with Gasteiger partial charge >= 0.3 is 0 Å². The summed E-state index contributed by atoms with van der Waals surface area (Å²) >= 11 is 11.4. The molecule has 0 aliphatic heterocycles. The maximum absolute atomic E-state index is 5.83. The van der Waals surface area contributed by atoms with Gasteiger partial charge in [0.1, 0.15) is 5.15 Å². The van der Waals surface area contributed by atoms with E-state index < -0.39 is 0 Å². The van der Waals surface area contributed by atoms with Crippen molar-refractivity contribution in [3.05, 3.63) is 40.7 Å². The molecule has 0 amide bonds. The molecule has 0 aliphatic rings. The Hall–Kier alpha value is -0.570. The molecule has 0 radical (unpaired) electrons. The largest absolute Gasteiger partial charge is 0.308 e. The third kappa shape index (κ3) is 3.77. The van der Waals surface area contributed by atoms with Gasteiger partial charge in [-0.05, 0) is 6.07 Å². The van der Waals surface area contributed by atoms with Crippen molar-refractivity contribution in [2.75, 3.05) is 6.54 Å². The first kappa shape index (κ1) is 10.5. The first-order valence-electron chi connectivity index (χ1n) is 3.83. The Kier molecular flexibility index (Phi) is 4.22. The Morgan fingerprint density at radius 3 is 3.00 bits per heavy atom. The molecule has 1 aromatic heterocycles. The molecule has 0 atom stereocenters. The number of pyridine rings is 1. The van der Waals surface area contributed by atoms with Crippen molar-refractivity contribution in [3.8, 4) is 0 Å². The van der Waals surface area contributed by atoms with E-state index in [1.165, 1.54) is 0 Å². The zero-order chi connectivity index (χ0) is 9.68. The lowest BCUT2D eigenvalue weighted by atomic mass is 10.3. The van der Waals surface area contributed by atoms with Crippen molar-refractivity contribution in [2.45, 2.75) is 6.54 Å². The van der Waals surface area contributed by atoms with E-state index in [2.05, 4.69) is 16.9 Å². The molecule has 13 heavy (non-hydrogen) atoms. The van der Waals surface area contributed by atoms with Crippen LogP contribution >= 0.6 is 23.2 Å². The van der Waals surface area contributed by atoms with Gasteiger partial charge in [0.25, 0.3) is 0 Å². The van der Waals surface area contributed by atoms with E-state index in [-0.39, 0.29) is 0 Å². The standard InChI is InChI=1S/C9H10Cl2N2/c1-7(10)5-12-6-8-3-2-4-13-9(8)11/h2-4,12H,1,5-6H2. The summed E-state index contributed by atoms with van der Waals surface area (Å²) in [7, 11) is 0. The molecule has 2 nitrogen and oxygen atoms in total. The van der Waals surface area contributed by atoms with Gasteiger partial charge in [-0.2, -0.15) is 0 Å². The lowest BCUT2D eigenvalue weighted by molar-refractivity contribution is 0.752. The molecule has 4 heteroatoms. The molecule has 0 saturated carbocycles. The van der Waals surface area contributed by atoms with Gasteiger partial charge in [0.2, 0.25) is 0 Å². The number of halogens is 2. The van der Waals surface area contributed by atoms with Crippen LogP contribution in [0.2, 0.25) is 5.15 Å². The minimum absolute atomic E-state index is 0.523. The van der Waals surface area contributed by atoms with Crippen LogP contribution in [0.1, 0.15) is 5.56 Å². The van der Waals surface area contributed by atoms with E-state index in [1.807, 2.05) is 12.1 Å². The normalized spacial score (nSPS) is 10.0. The van der Waals surface area contributed by atoms with Crippen molar-refractivity contribution >= 4 is 23.2 Å². The lowest BCUT2D eigenvalue weighted by Crippen LogP contribution is -2.14. The number of nitrogens with zero attached hydrogens (tertiary/aromatic N) is 1. The van der Waals surface area contributed by atoms with Gasteiger partial charge in [0.05, 0.1) is 0 Å². The Bertz CT molecular complexity index is 299. The van der Waals surface area contributed by atoms with Crippen LogP contribution in [0.4, 0.5) is 0 Å². The first-order valence-corrected chi connectivity index (χ1v) is 4.59. The first-order chi connectivity index (χ1) is 6.20. The van der Waals surface area contributed by atoms with Crippen molar-refractivity contribution in [2.24, 2.45) is 0 Å². The highest BCUT2D eigenvalue weighted by atomic mass is 35.5. The third-order valence-electron chi connectivity index (χ3n) is 1.47. The van der Waals surface area contributed by atoms with Gasteiger partial charge in [-0.3, -0.25) is 0 Å². The van der Waals surface area contributed by atoms with E-state index in [4.69, 9.17) is 23.2 Å². The van der Waals surface area contributed by atoms with E-state index in [9.17, 15) is 0 Å². The molecule has 0 bridgehead atoms. The van der Waals surface area contributed by atoms with Gasteiger partial charge in [0.15, 0.2) is 0 Å². The van der Waals surface area contributed by atoms with Crippen LogP contribution in [0.15, 0.2) is 29.9 Å². The molecule has 1 N–H and O–H groups in total. The summed E-state index contributed by atoms with van der Waals surface area (Å²) in [5, 5.41) is 4.19. The average molecular weight is 217 g/mol. The molecule has 0 unspecified atom stereocenters. The lowest BCUT2D eigenvalue weighted by Gasteiger charge is -2.04. The highest BCUT2D eigenvalue weighted by Crippen LogP contribution is 2.10. The van der Waals surface area contributed by atoms with E-state index in [1.54, 1.807) is 6.20 Å². The van der Waals surface area contributed by atoms with Gasteiger partial charge in [-0.1, -0.05) is 35.8 Å². The molecule has 0 saturated heterocycles. The molecular formula is C9H10Cl2N2. The molecule has 1 heterocycles. The Labute approximate surface area is 87.6 Å². The topological polar surface area (TPSA) is 24.9 Å². The van der Waals surface area contributed by atoms with Crippen LogP contribution in [0.25, 0.3) is 0 Å². The van der Waals surface area contributed by atoms with Crippen molar-refractivity contribution < 1.29 is 0 Å². The molecular weight excluding hydrogens is 207 g/mol. The summed E-state index contributed by atoms with van der Waals surface area (Å²) in [6.07, 6.45) is 1.66. The monoisotopic (exact) mass is 216 g/mol. The van der Waals surface area contributed by atoms with E-state index in [0.717, 1.165) is 5.56 Å². The number of aromatic nitrogens is 1. The van der Waals surface area contributed by atoms with Gasteiger partial charge in [-0.25, -0.2) is 4.98 Å². The predicted octanol–water partition coefficient (Wildman–Crippen LogP) is 2.58. The second-order valence-corrected chi connectivity index (χ2v) is 3.47. The molecule has 1 aromatic rings. The Morgan fingerprint density at radius 1 is 1.62 bits per heavy atom. The fourth-order valence-electron chi connectivity index (χ4n) is 0.884. The molecule has 1 rings (SSSR count). The number of hydrogen-bond acceptors (Lipinski definition) is 2. The van der Waals surface area contributed by atoms with Crippen LogP contribution < -0.4 is 5.32 Å². The predicted molar refractivity (Wildman–Crippen MR) is 55.9 cm³/mol. The summed E-state index contributed by atoms with van der Waals surface area (Å²) in [5.41, 5.74) is 0.960. The highest BCUT2D eigenvalue weighted by molar-refractivity contribution is 6.30. The highest BCUT2D eigenvalue weighted by Gasteiger charge is 1.98. The minimum atomic E-state index is 0.523. The van der Waals surface area contributed by atoms with Crippen molar-refractivity contribution in [3.63, 3.8) is 0 Å². The number of nitrogens with one attached hydrogen (secondary N) is 1. The summed E-state index contributed by atoms with van der Waals surface area (Å²) in [5.74, 6) is 0. The van der Waals surface area contributed by atoms with Crippen LogP contribution in [0, 0.1) is 0 Å². The second-order valence-electron chi connectivity index (χ2n) is 2.57. The molecule has 0 spiro atoms. The Balaban J connectivity index is 2.45. The van der Waals surface area contributed by atoms with Gasteiger partial charge < -0.3 is 5.32 Å². The fraction of sp³-hybridized carbons (Fsp3) is 0.222. The molecule has 0 aliphatic carbocycles. The number of rotatable bonds is 4. The van der Waals surface area contributed by atoms with Crippen LogP contribution in [-0.4, -0.2) is 11.5 Å².